The first-order valence-corrected chi connectivity index (χ1v) is 6.81. The Hall–Kier alpha value is -1.85. The third-order valence-corrected chi connectivity index (χ3v) is 3.68. The van der Waals surface area contributed by atoms with Gasteiger partial charge in [0.1, 0.15) is 18.2 Å². The van der Waals surface area contributed by atoms with Gasteiger partial charge in [-0.1, -0.05) is 11.6 Å². The fraction of sp³-hybridized carbons (Fsp3) is 0.0714. The molecule has 0 aliphatic carbocycles. The summed E-state index contributed by atoms with van der Waals surface area (Å²) in [6.45, 7) is 0.284. The highest BCUT2D eigenvalue weighted by Crippen LogP contribution is 2.23. The molecular formula is C14H10ClFO3S. The minimum atomic E-state index is -0.993. The number of benzene rings is 1. The number of carboxylic acid groups (broad SMARTS) is 1. The van der Waals surface area contributed by atoms with Crippen LogP contribution in [-0.2, 0) is 11.4 Å². The highest BCUT2D eigenvalue weighted by molar-refractivity contribution is 7.12. The van der Waals surface area contributed by atoms with Gasteiger partial charge in [0.25, 0.3) is 0 Å². The summed E-state index contributed by atoms with van der Waals surface area (Å²) in [7, 11) is 0. The molecule has 0 radical (unpaired) electrons. The molecule has 104 valence electrons. The van der Waals surface area contributed by atoms with E-state index < -0.39 is 11.8 Å². The minimum Gasteiger partial charge on any atom is -0.488 e. The van der Waals surface area contributed by atoms with Gasteiger partial charge >= 0.3 is 5.97 Å². The van der Waals surface area contributed by atoms with Crippen LogP contribution in [0.15, 0.2) is 36.4 Å². The average Bonchev–Trinajstić information content (AvgIpc) is 2.86. The van der Waals surface area contributed by atoms with Crippen molar-refractivity contribution in [3.8, 4) is 5.75 Å². The molecule has 2 aromatic rings. The molecule has 0 atom stereocenters. The Labute approximate surface area is 123 Å². The minimum absolute atomic E-state index is 0.0505. The summed E-state index contributed by atoms with van der Waals surface area (Å²) in [6, 6.07) is 7.87. The molecule has 1 N–H and O–H groups in total. The number of carboxylic acids is 1. The van der Waals surface area contributed by atoms with E-state index in [4.69, 9.17) is 21.4 Å². The Morgan fingerprint density at radius 1 is 1.40 bits per heavy atom. The zero-order chi connectivity index (χ0) is 14.5. The molecule has 0 aliphatic heterocycles. The summed E-state index contributed by atoms with van der Waals surface area (Å²) in [5, 5.41) is 8.58. The van der Waals surface area contributed by atoms with E-state index in [1.54, 1.807) is 12.1 Å². The van der Waals surface area contributed by atoms with Crippen molar-refractivity contribution >= 4 is 35.0 Å². The second kappa shape index (κ2) is 6.54. The molecule has 0 amide bonds. The Balaban J connectivity index is 1.97. The molecular weight excluding hydrogens is 303 g/mol. The lowest BCUT2D eigenvalue weighted by Crippen LogP contribution is -1.93. The molecule has 0 saturated carbocycles. The van der Waals surface area contributed by atoms with E-state index in [9.17, 15) is 9.18 Å². The van der Waals surface area contributed by atoms with Crippen molar-refractivity contribution in [2.45, 2.75) is 6.61 Å². The second-order valence-corrected chi connectivity index (χ2v) is 5.45. The molecule has 6 heteroatoms. The fourth-order valence-electron chi connectivity index (χ4n) is 1.44. The predicted octanol–water partition coefficient (Wildman–Crippen LogP) is 4.22. The van der Waals surface area contributed by atoms with Gasteiger partial charge in [0.05, 0.1) is 5.02 Å². The quantitative estimate of drug-likeness (QED) is 0.841. The third kappa shape index (κ3) is 4.08. The van der Waals surface area contributed by atoms with E-state index in [-0.39, 0.29) is 11.6 Å². The Bertz CT molecular complexity index is 652. The number of rotatable bonds is 5. The second-order valence-electron chi connectivity index (χ2n) is 3.84. The monoisotopic (exact) mass is 312 g/mol. The Kier molecular flexibility index (Phi) is 4.76. The van der Waals surface area contributed by atoms with Crippen molar-refractivity contribution in [3.05, 3.63) is 57.0 Å². The summed E-state index contributed by atoms with van der Waals surface area (Å²) in [4.78, 5) is 12.1. The SMILES string of the molecule is O=C(O)/C=C/c1ccc(COc2ccc(Cl)c(F)c2)s1. The van der Waals surface area contributed by atoms with E-state index in [0.717, 1.165) is 15.8 Å². The van der Waals surface area contributed by atoms with Gasteiger partial charge in [0.15, 0.2) is 0 Å². The molecule has 0 bridgehead atoms. The van der Waals surface area contributed by atoms with Crippen LogP contribution < -0.4 is 4.74 Å². The maximum absolute atomic E-state index is 13.2. The number of aliphatic carboxylic acids is 1. The number of halogens is 2. The highest BCUT2D eigenvalue weighted by Gasteiger charge is 2.03. The summed E-state index contributed by atoms with van der Waals surface area (Å²) in [5.41, 5.74) is 0. The number of ether oxygens (including phenoxy) is 1. The van der Waals surface area contributed by atoms with Gasteiger partial charge in [0.2, 0.25) is 0 Å². The summed E-state index contributed by atoms with van der Waals surface area (Å²) in [6.07, 6.45) is 2.59. The van der Waals surface area contributed by atoms with Gasteiger partial charge in [-0.05, 0) is 30.3 Å². The fourth-order valence-corrected chi connectivity index (χ4v) is 2.38. The highest BCUT2D eigenvalue weighted by atomic mass is 35.5. The van der Waals surface area contributed by atoms with Crippen LogP contribution in [0.2, 0.25) is 5.02 Å². The van der Waals surface area contributed by atoms with Crippen molar-refractivity contribution in [2.24, 2.45) is 0 Å². The van der Waals surface area contributed by atoms with Crippen LogP contribution in [0, 0.1) is 5.82 Å². The van der Waals surface area contributed by atoms with Crippen molar-refractivity contribution in [3.63, 3.8) is 0 Å². The van der Waals surface area contributed by atoms with Crippen molar-refractivity contribution in [1.82, 2.24) is 0 Å². The summed E-state index contributed by atoms with van der Waals surface area (Å²) < 4.78 is 18.6. The predicted molar refractivity (Wildman–Crippen MR) is 76.7 cm³/mol. The largest absolute Gasteiger partial charge is 0.488 e. The van der Waals surface area contributed by atoms with Gasteiger partial charge in [-0.2, -0.15) is 0 Å². The van der Waals surface area contributed by atoms with Crippen molar-refractivity contribution in [1.29, 1.82) is 0 Å². The van der Waals surface area contributed by atoms with E-state index >= 15 is 0 Å². The summed E-state index contributed by atoms with van der Waals surface area (Å²) >= 11 is 6.98. The molecule has 20 heavy (non-hydrogen) atoms. The van der Waals surface area contributed by atoms with Crippen molar-refractivity contribution in [2.75, 3.05) is 0 Å². The first kappa shape index (κ1) is 14.6. The van der Waals surface area contributed by atoms with Crippen LogP contribution in [-0.4, -0.2) is 11.1 Å². The van der Waals surface area contributed by atoms with E-state index in [1.807, 2.05) is 6.07 Å². The topological polar surface area (TPSA) is 46.5 Å². The van der Waals surface area contributed by atoms with Gasteiger partial charge in [0, 0.05) is 21.9 Å². The number of hydrogen-bond donors (Lipinski definition) is 1. The van der Waals surface area contributed by atoms with E-state index in [2.05, 4.69) is 0 Å². The smallest absolute Gasteiger partial charge is 0.328 e. The molecule has 0 saturated heterocycles. The normalized spacial score (nSPS) is 10.9. The van der Waals surface area contributed by atoms with Gasteiger partial charge in [-0.15, -0.1) is 11.3 Å². The molecule has 0 unspecified atom stereocenters. The third-order valence-electron chi connectivity index (χ3n) is 2.34. The van der Waals surface area contributed by atoms with Crippen LogP contribution in [0.25, 0.3) is 6.08 Å². The molecule has 1 aromatic carbocycles. The standard InChI is InChI=1S/C14H10ClFO3S/c15-12-5-1-9(7-13(12)16)19-8-11-3-2-10(20-11)4-6-14(17)18/h1-7H,8H2,(H,17,18)/b6-4+. The van der Waals surface area contributed by atoms with Crippen LogP contribution in [0.3, 0.4) is 0 Å². The van der Waals surface area contributed by atoms with Crippen LogP contribution in [0.1, 0.15) is 9.75 Å². The zero-order valence-electron chi connectivity index (χ0n) is 10.2. The van der Waals surface area contributed by atoms with E-state index in [0.29, 0.717) is 5.75 Å². The van der Waals surface area contributed by atoms with Crippen LogP contribution in [0.4, 0.5) is 4.39 Å². The Morgan fingerprint density at radius 2 is 2.20 bits per heavy atom. The Morgan fingerprint density at radius 3 is 2.90 bits per heavy atom. The molecule has 1 aromatic heterocycles. The van der Waals surface area contributed by atoms with E-state index in [1.165, 1.54) is 29.5 Å². The first-order valence-electron chi connectivity index (χ1n) is 5.62. The number of hydrogen-bond acceptors (Lipinski definition) is 3. The zero-order valence-corrected chi connectivity index (χ0v) is 11.7. The average molecular weight is 313 g/mol. The molecule has 0 spiro atoms. The molecule has 3 nitrogen and oxygen atoms in total. The maximum Gasteiger partial charge on any atom is 0.328 e. The van der Waals surface area contributed by atoms with Gasteiger partial charge < -0.3 is 9.84 Å². The first-order chi connectivity index (χ1) is 9.54. The molecule has 0 aliphatic rings. The number of carbonyl (C=O) groups is 1. The molecule has 1 heterocycles. The van der Waals surface area contributed by atoms with Crippen LogP contribution in [0.5, 0.6) is 5.75 Å². The lowest BCUT2D eigenvalue weighted by atomic mass is 10.3. The lowest BCUT2D eigenvalue weighted by Gasteiger charge is -2.04. The number of thiophene rings is 1. The maximum atomic E-state index is 13.2. The molecule has 0 fully saturated rings. The summed E-state index contributed by atoms with van der Waals surface area (Å²) in [5.74, 6) is -1.13. The lowest BCUT2D eigenvalue weighted by molar-refractivity contribution is -0.131. The van der Waals surface area contributed by atoms with Crippen molar-refractivity contribution < 1.29 is 19.0 Å². The van der Waals surface area contributed by atoms with Crippen LogP contribution >= 0.6 is 22.9 Å². The van der Waals surface area contributed by atoms with Gasteiger partial charge in [-0.3, -0.25) is 0 Å². The van der Waals surface area contributed by atoms with Gasteiger partial charge in [-0.25, -0.2) is 9.18 Å². The molecule has 2 rings (SSSR count).